The molecule has 1 amide bonds. The Morgan fingerprint density at radius 2 is 1.85 bits per heavy atom. The lowest BCUT2D eigenvalue weighted by Crippen LogP contribution is -2.14. The van der Waals surface area contributed by atoms with Crippen molar-refractivity contribution in [3.05, 3.63) is 47.0 Å². The van der Waals surface area contributed by atoms with Crippen molar-refractivity contribution in [2.24, 2.45) is 5.73 Å². The average Bonchev–Trinajstić information content (AvgIpc) is 3.31. The highest BCUT2D eigenvalue weighted by Gasteiger charge is 2.40. The van der Waals surface area contributed by atoms with Crippen molar-refractivity contribution in [1.29, 1.82) is 0 Å². The molecule has 0 spiro atoms. The number of rotatable bonds is 6. The van der Waals surface area contributed by atoms with Crippen molar-refractivity contribution in [2.45, 2.75) is 32.1 Å². The van der Waals surface area contributed by atoms with Crippen molar-refractivity contribution in [1.82, 2.24) is 0 Å². The predicted molar refractivity (Wildman–Crippen MR) is 107 cm³/mol. The molecule has 0 saturated heterocycles. The molecule has 3 rings (SSSR count). The second kappa shape index (κ2) is 6.56. The highest BCUT2D eigenvalue weighted by Crippen LogP contribution is 2.51. The van der Waals surface area contributed by atoms with Gasteiger partial charge in [-0.2, -0.15) is 0 Å². The van der Waals surface area contributed by atoms with E-state index in [2.05, 4.69) is 11.6 Å². The van der Waals surface area contributed by atoms with E-state index in [1.165, 1.54) is 7.11 Å². The number of methoxy groups -OCH3 is 1. The molecule has 27 heavy (non-hydrogen) atoms. The summed E-state index contributed by atoms with van der Waals surface area (Å²) in [6.45, 7) is 4.05. The number of carbonyl (C=O) groups excluding carboxylic acids is 1. The van der Waals surface area contributed by atoms with Gasteiger partial charge in [0.15, 0.2) is 5.75 Å². The molecule has 0 unspecified atom stereocenters. The number of hydrogen-bond acceptors (Lipinski definition) is 4. The minimum absolute atomic E-state index is 0.00827. The molecule has 1 aliphatic carbocycles. The molecule has 1 aliphatic rings. The SMILES string of the molecule is COc1c(NS(C)(=O)=O)cc(C2(C)CC2)cc1-c1cc(C)ccc1C(N)=O. The molecule has 144 valence electrons. The topological polar surface area (TPSA) is 98.5 Å². The van der Waals surface area contributed by atoms with Crippen molar-refractivity contribution in [3.63, 3.8) is 0 Å². The Morgan fingerprint density at radius 1 is 1.19 bits per heavy atom. The van der Waals surface area contributed by atoms with E-state index in [1.807, 2.05) is 31.2 Å². The zero-order chi connectivity index (χ0) is 20.0. The van der Waals surface area contributed by atoms with E-state index < -0.39 is 15.9 Å². The zero-order valence-corrected chi connectivity index (χ0v) is 16.7. The smallest absolute Gasteiger partial charge is 0.249 e. The number of nitrogens with two attached hydrogens (primary N) is 1. The van der Waals surface area contributed by atoms with Gasteiger partial charge in [0.2, 0.25) is 15.9 Å². The third-order valence-corrected chi connectivity index (χ3v) is 5.61. The minimum Gasteiger partial charge on any atom is -0.494 e. The van der Waals surface area contributed by atoms with Gasteiger partial charge in [0.25, 0.3) is 0 Å². The molecular formula is C20H24N2O4S. The summed E-state index contributed by atoms with van der Waals surface area (Å²) < 4.78 is 31.9. The molecule has 0 bridgehead atoms. The maximum Gasteiger partial charge on any atom is 0.249 e. The first-order valence-electron chi connectivity index (χ1n) is 8.65. The van der Waals surface area contributed by atoms with Gasteiger partial charge in [-0.1, -0.05) is 24.6 Å². The average molecular weight is 388 g/mol. The Hall–Kier alpha value is -2.54. The standard InChI is InChI=1S/C20H24N2O4S/c1-12-5-6-14(19(21)23)15(9-12)16-10-13(20(2)7-8-20)11-17(18(16)26-3)22-27(4,24)25/h5-6,9-11,22H,7-8H2,1-4H3,(H2,21,23). The predicted octanol–water partition coefficient (Wildman–Crippen LogP) is 3.19. The fraction of sp³-hybridized carbons (Fsp3) is 0.350. The number of nitrogens with one attached hydrogen (secondary N) is 1. The van der Waals surface area contributed by atoms with E-state index >= 15 is 0 Å². The molecule has 1 fully saturated rings. The van der Waals surface area contributed by atoms with Crippen LogP contribution in [0.1, 0.15) is 41.3 Å². The summed E-state index contributed by atoms with van der Waals surface area (Å²) in [4.78, 5) is 12.0. The van der Waals surface area contributed by atoms with Crippen LogP contribution >= 0.6 is 0 Å². The lowest BCUT2D eigenvalue weighted by Gasteiger charge is -2.20. The number of anilines is 1. The third kappa shape index (κ3) is 3.93. The molecule has 6 nitrogen and oxygen atoms in total. The monoisotopic (exact) mass is 388 g/mol. The van der Waals surface area contributed by atoms with Crippen molar-refractivity contribution >= 4 is 21.6 Å². The molecule has 1 saturated carbocycles. The summed E-state index contributed by atoms with van der Waals surface area (Å²) in [5.74, 6) is -0.186. The van der Waals surface area contributed by atoms with Gasteiger partial charge in [0.05, 0.1) is 19.1 Å². The number of hydrogen-bond donors (Lipinski definition) is 2. The van der Waals surface area contributed by atoms with Gasteiger partial charge in [0, 0.05) is 11.1 Å². The number of sulfonamides is 1. The molecule has 0 aliphatic heterocycles. The normalized spacial score (nSPS) is 15.3. The highest BCUT2D eigenvalue weighted by atomic mass is 32.2. The van der Waals surface area contributed by atoms with Crippen LogP contribution in [0.4, 0.5) is 5.69 Å². The summed E-state index contributed by atoms with van der Waals surface area (Å²) in [7, 11) is -2.03. The largest absolute Gasteiger partial charge is 0.494 e. The van der Waals surface area contributed by atoms with E-state index in [4.69, 9.17) is 10.5 Å². The van der Waals surface area contributed by atoms with E-state index in [0.29, 0.717) is 28.1 Å². The number of primary amides is 1. The maximum atomic E-state index is 12.0. The van der Waals surface area contributed by atoms with Gasteiger partial charge in [-0.05, 0) is 54.5 Å². The van der Waals surface area contributed by atoms with Crippen LogP contribution < -0.4 is 15.2 Å². The van der Waals surface area contributed by atoms with Crippen LogP contribution in [0.2, 0.25) is 0 Å². The summed E-state index contributed by atoms with van der Waals surface area (Å²) in [5.41, 5.74) is 9.52. The zero-order valence-electron chi connectivity index (χ0n) is 15.9. The minimum atomic E-state index is -3.51. The summed E-state index contributed by atoms with van der Waals surface area (Å²) in [5, 5.41) is 0. The second-order valence-corrected chi connectivity index (χ2v) is 9.20. The fourth-order valence-electron chi connectivity index (χ4n) is 3.24. The van der Waals surface area contributed by atoms with Crippen LogP contribution in [0, 0.1) is 6.92 Å². The van der Waals surface area contributed by atoms with Crippen LogP contribution in [0.5, 0.6) is 5.75 Å². The molecule has 2 aromatic rings. The number of aryl methyl sites for hydroxylation is 1. The van der Waals surface area contributed by atoms with Crippen molar-refractivity contribution in [2.75, 3.05) is 18.1 Å². The molecular weight excluding hydrogens is 364 g/mol. The number of benzene rings is 2. The summed E-state index contributed by atoms with van der Waals surface area (Å²) >= 11 is 0. The van der Waals surface area contributed by atoms with Gasteiger partial charge in [0.1, 0.15) is 0 Å². The van der Waals surface area contributed by atoms with E-state index in [1.54, 1.807) is 6.07 Å². The van der Waals surface area contributed by atoms with E-state index in [9.17, 15) is 13.2 Å². The summed E-state index contributed by atoms with van der Waals surface area (Å²) in [6.07, 6.45) is 3.14. The first-order chi connectivity index (χ1) is 12.5. The lowest BCUT2D eigenvalue weighted by atomic mass is 9.90. The molecule has 0 atom stereocenters. The first kappa shape index (κ1) is 19.2. The molecule has 7 heteroatoms. The first-order valence-corrected chi connectivity index (χ1v) is 10.5. The number of ether oxygens (including phenoxy) is 1. The Morgan fingerprint density at radius 3 is 2.37 bits per heavy atom. The number of amides is 1. The van der Waals surface area contributed by atoms with Crippen molar-refractivity contribution < 1.29 is 17.9 Å². The van der Waals surface area contributed by atoms with Crippen LogP contribution in [-0.2, 0) is 15.4 Å². The molecule has 3 N–H and O–H groups in total. The summed E-state index contributed by atoms with van der Waals surface area (Å²) in [6, 6.07) is 9.15. The van der Waals surface area contributed by atoms with Gasteiger partial charge >= 0.3 is 0 Å². The lowest BCUT2D eigenvalue weighted by molar-refractivity contribution is 0.100. The van der Waals surface area contributed by atoms with Crippen LogP contribution in [0.15, 0.2) is 30.3 Å². The van der Waals surface area contributed by atoms with Crippen LogP contribution in [0.3, 0.4) is 0 Å². The highest BCUT2D eigenvalue weighted by molar-refractivity contribution is 7.92. The van der Waals surface area contributed by atoms with Gasteiger partial charge in [-0.3, -0.25) is 9.52 Å². The Labute approximate surface area is 159 Å². The van der Waals surface area contributed by atoms with Crippen molar-refractivity contribution in [3.8, 4) is 16.9 Å². The van der Waals surface area contributed by atoms with E-state index in [-0.39, 0.29) is 5.41 Å². The Kier molecular flexibility index (Phi) is 4.67. The van der Waals surface area contributed by atoms with E-state index in [0.717, 1.165) is 30.2 Å². The molecule has 0 heterocycles. The fourth-order valence-corrected chi connectivity index (χ4v) is 3.80. The Balaban J connectivity index is 2.33. The van der Waals surface area contributed by atoms with Gasteiger partial charge in [-0.25, -0.2) is 8.42 Å². The van der Waals surface area contributed by atoms with Gasteiger partial charge < -0.3 is 10.5 Å². The maximum absolute atomic E-state index is 12.0. The molecule has 0 aromatic heterocycles. The second-order valence-electron chi connectivity index (χ2n) is 7.45. The third-order valence-electron chi connectivity index (χ3n) is 5.02. The van der Waals surface area contributed by atoms with Gasteiger partial charge in [-0.15, -0.1) is 0 Å². The molecule has 2 aromatic carbocycles. The number of carbonyl (C=O) groups is 1. The quantitative estimate of drug-likeness (QED) is 0.794. The van der Waals surface area contributed by atoms with Crippen LogP contribution in [0.25, 0.3) is 11.1 Å². The Bertz CT molecular complexity index is 1020. The van der Waals surface area contributed by atoms with Crippen LogP contribution in [-0.4, -0.2) is 27.7 Å². The molecule has 0 radical (unpaired) electrons.